The van der Waals surface area contributed by atoms with Gasteiger partial charge in [-0.15, -0.1) is 0 Å². The van der Waals surface area contributed by atoms with Gasteiger partial charge in [0.25, 0.3) is 0 Å². The molecule has 3 aromatic rings. The molecule has 3 rings (SSSR count). The van der Waals surface area contributed by atoms with E-state index in [1.807, 2.05) is 54.6 Å². The maximum Gasteiger partial charge on any atom is 0.123 e. The lowest BCUT2D eigenvalue weighted by molar-refractivity contribution is 0.477. The van der Waals surface area contributed by atoms with Gasteiger partial charge in [-0.3, -0.25) is 0 Å². The number of para-hydroxylation sites is 1. The van der Waals surface area contributed by atoms with E-state index in [1.54, 1.807) is 6.07 Å². The van der Waals surface area contributed by atoms with Gasteiger partial charge in [-0.2, -0.15) is 0 Å². The molecule has 0 saturated heterocycles. The Morgan fingerprint density at radius 3 is 2.33 bits per heavy atom. The van der Waals surface area contributed by atoms with Crippen LogP contribution in [0.2, 0.25) is 5.02 Å². The summed E-state index contributed by atoms with van der Waals surface area (Å²) >= 11 is 6.14. The maximum absolute atomic E-state index is 9.97. The molecule has 1 nitrogen and oxygen atoms in total. The summed E-state index contributed by atoms with van der Waals surface area (Å²) in [6, 6.07) is 19.1. The molecule has 0 bridgehead atoms. The van der Waals surface area contributed by atoms with Crippen molar-refractivity contribution in [3.05, 3.63) is 65.7 Å². The molecule has 0 aliphatic rings. The highest BCUT2D eigenvalue weighted by atomic mass is 35.5. The Morgan fingerprint density at radius 1 is 0.778 bits per heavy atom. The fraction of sp³-hybridized carbons (Fsp3) is 0. The van der Waals surface area contributed by atoms with Crippen LogP contribution in [0, 0.1) is 0 Å². The van der Waals surface area contributed by atoms with Crippen LogP contribution in [0.3, 0.4) is 0 Å². The van der Waals surface area contributed by atoms with Crippen LogP contribution >= 0.6 is 11.6 Å². The van der Waals surface area contributed by atoms with Crippen molar-refractivity contribution < 1.29 is 5.11 Å². The van der Waals surface area contributed by atoms with Crippen molar-refractivity contribution in [3.63, 3.8) is 0 Å². The van der Waals surface area contributed by atoms with Crippen molar-refractivity contribution in [1.82, 2.24) is 0 Å². The first-order chi connectivity index (χ1) is 8.75. The standard InChI is InChI=1S/C16H11ClO/c17-12-9-11-5-1-2-6-13(11)15(10-12)14-7-3-4-8-16(14)18/h1-10,18H. The van der Waals surface area contributed by atoms with Crippen LogP contribution in [0.15, 0.2) is 60.7 Å². The first-order valence-corrected chi connectivity index (χ1v) is 6.10. The van der Waals surface area contributed by atoms with Gasteiger partial charge in [0.1, 0.15) is 5.75 Å². The Hall–Kier alpha value is -1.99. The van der Waals surface area contributed by atoms with Crippen LogP contribution < -0.4 is 0 Å². The third-order valence-electron chi connectivity index (χ3n) is 3.02. The van der Waals surface area contributed by atoms with Gasteiger partial charge in [0.2, 0.25) is 0 Å². The monoisotopic (exact) mass is 254 g/mol. The Labute approximate surface area is 110 Å². The highest BCUT2D eigenvalue weighted by Gasteiger charge is 2.08. The second-order valence-corrected chi connectivity index (χ2v) is 4.63. The minimum atomic E-state index is 0.268. The minimum absolute atomic E-state index is 0.268. The zero-order chi connectivity index (χ0) is 12.5. The normalized spacial score (nSPS) is 10.7. The van der Waals surface area contributed by atoms with Crippen LogP contribution in [0.25, 0.3) is 21.9 Å². The molecule has 0 saturated carbocycles. The predicted octanol–water partition coefficient (Wildman–Crippen LogP) is 4.87. The van der Waals surface area contributed by atoms with Crippen molar-refractivity contribution in [2.45, 2.75) is 0 Å². The lowest BCUT2D eigenvalue weighted by atomic mass is 9.98. The number of benzene rings is 3. The number of hydrogen-bond donors (Lipinski definition) is 1. The van der Waals surface area contributed by atoms with Gasteiger partial charge in [-0.25, -0.2) is 0 Å². The average Bonchev–Trinajstić information content (AvgIpc) is 2.38. The van der Waals surface area contributed by atoms with Gasteiger partial charge in [0.15, 0.2) is 0 Å². The molecule has 2 heteroatoms. The van der Waals surface area contributed by atoms with E-state index in [-0.39, 0.29) is 5.75 Å². The fourth-order valence-corrected chi connectivity index (χ4v) is 2.42. The van der Waals surface area contributed by atoms with Gasteiger partial charge in [0, 0.05) is 10.6 Å². The van der Waals surface area contributed by atoms with Gasteiger partial charge >= 0.3 is 0 Å². The Bertz CT molecular complexity index is 719. The average molecular weight is 255 g/mol. The number of hydrogen-bond acceptors (Lipinski definition) is 1. The largest absolute Gasteiger partial charge is 0.507 e. The van der Waals surface area contributed by atoms with Gasteiger partial charge in [0.05, 0.1) is 0 Å². The van der Waals surface area contributed by atoms with E-state index in [0.29, 0.717) is 5.02 Å². The highest BCUT2D eigenvalue weighted by molar-refractivity contribution is 6.32. The predicted molar refractivity (Wildman–Crippen MR) is 76.1 cm³/mol. The molecule has 0 spiro atoms. The van der Waals surface area contributed by atoms with E-state index in [1.165, 1.54) is 0 Å². The molecule has 0 fully saturated rings. The summed E-state index contributed by atoms with van der Waals surface area (Å²) in [5, 5.41) is 12.8. The zero-order valence-electron chi connectivity index (χ0n) is 9.60. The second kappa shape index (κ2) is 4.35. The van der Waals surface area contributed by atoms with Crippen molar-refractivity contribution in [2.75, 3.05) is 0 Å². The Balaban J connectivity index is 2.39. The van der Waals surface area contributed by atoms with E-state index < -0.39 is 0 Å². The summed E-state index contributed by atoms with van der Waals surface area (Å²) in [6.07, 6.45) is 0. The molecule has 18 heavy (non-hydrogen) atoms. The molecule has 0 aliphatic heterocycles. The Morgan fingerprint density at radius 2 is 1.50 bits per heavy atom. The van der Waals surface area contributed by atoms with E-state index in [9.17, 15) is 5.11 Å². The first kappa shape index (κ1) is 11.1. The third-order valence-corrected chi connectivity index (χ3v) is 3.24. The van der Waals surface area contributed by atoms with E-state index >= 15 is 0 Å². The summed E-state index contributed by atoms with van der Waals surface area (Å²) in [4.78, 5) is 0. The van der Waals surface area contributed by atoms with E-state index in [4.69, 9.17) is 11.6 Å². The number of fused-ring (bicyclic) bond motifs is 1. The van der Waals surface area contributed by atoms with Crippen molar-refractivity contribution in [2.24, 2.45) is 0 Å². The van der Waals surface area contributed by atoms with Crippen molar-refractivity contribution >= 4 is 22.4 Å². The fourth-order valence-electron chi connectivity index (χ4n) is 2.20. The molecule has 0 atom stereocenters. The highest BCUT2D eigenvalue weighted by Crippen LogP contribution is 2.36. The molecule has 88 valence electrons. The van der Waals surface area contributed by atoms with Crippen LogP contribution in [0.4, 0.5) is 0 Å². The summed E-state index contributed by atoms with van der Waals surface area (Å²) in [5.74, 6) is 0.268. The van der Waals surface area contributed by atoms with Crippen LogP contribution in [-0.4, -0.2) is 5.11 Å². The molecule has 0 heterocycles. The first-order valence-electron chi connectivity index (χ1n) is 5.72. The molecule has 0 amide bonds. The van der Waals surface area contributed by atoms with Crippen LogP contribution in [0.5, 0.6) is 5.75 Å². The van der Waals surface area contributed by atoms with Crippen LogP contribution in [-0.2, 0) is 0 Å². The number of halogens is 1. The van der Waals surface area contributed by atoms with Crippen LogP contribution in [0.1, 0.15) is 0 Å². The SMILES string of the molecule is Oc1ccccc1-c1cc(Cl)cc2ccccc12. The number of phenols is 1. The quantitative estimate of drug-likeness (QED) is 0.657. The topological polar surface area (TPSA) is 20.2 Å². The molecule has 0 aromatic heterocycles. The summed E-state index contributed by atoms with van der Waals surface area (Å²) in [5.41, 5.74) is 1.76. The lowest BCUT2D eigenvalue weighted by Crippen LogP contribution is -1.82. The zero-order valence-corrected chi connectivity index (χ0v) is 10.4. The van der Waals surface area contributed by atoms with E-state index in [0.717, 1.165) is 21.9 Å². The molecular formula is C16H11ClO. The maximum atomic E-state index is 9.97. The summed E-state index contributed by atoms with van der Waals surface area (Å²) in [7, 11) is 0. The number of phenolic OH excluding ortho intramolecular Hbond substituents is 1. The van der Waals surface area contributed by atoms with E-state index in [2.05, 4.69) is 0 Å². The summed E-state index contributed by atoms with van der Waals surface area (Å²) in [6.45, 7) is 0. The van der Waals surface area contributed by atoms with Gasteiger partial charge in [-0.05, 0) is 34.5 Å². The molecular weight excluding hydrogens is 244 g/mol. The summed E-state index contributed by atoms with van der Waals surface area (Å²) < 4.78 is 0. The molecule has 0 radical (unpaired) electrons. The van der Waals surface area contributed by atoms with Crippen molar-refractivity contribution in [3.8, 4) is 16.9 Å². The third kappa shape index (κ3) is 1.83. The van der Waals surface area contributed by atoms with Gasteiger partial charge in [-0.1, -0.05) is 54.1 Å². The molecule has 0 unspecified atom stereocenters. The molecule has 1 N–H and O–H groups in total. The van der Waals surface area contributed by atoms with Gasteiger partial charge < -0.3 is 5.11 Å². The smallest absolute Gasteiger partial charge is 0.123 e. The second-order valence-electron chi connectivity index (χ2n) is 4.19. The minimum Gasteiger partial charge on any atom is -0.507 e. The van der Waals surface area contributed by atoms with Crippen molar-refractivity contribution in [1.29, 1.82) is 0 Å². The number of aromatic hydroxyl groups is 1. The number of rotatable bonds is 1. The Kier molecular flexibility index (Phi) is 2.69. The molecule has 0 aliphatic carbocycles. The lowest BCUT2D eigenvalue weighted by Gasteiger charge is -2.09. The molecule has 3 aromatic carbocycles.